The minimum absolute atomic E-state index is 0.00355. The minimum Gasteiger partial charge on any atom is -0.483 e. The number of carbonyl (C=O) groups excluding carboxylic acids is 8. The zero-order valence-electron chi connectivity index (χ0n) is 37.8. The Hall–Kier alpha value is -7.25. The summed E-state index contributed by atoms with van der Waals surface area (Å²) in [5.41, 5.74) is 4.27. The number of piperazine rings is 1. The molecule has 8 amide bonds. The molecule has 6 aliphatic rings. The summed E-state index contributed by atoms with van der Waals surface area (Å²) in [6.45, 7) is 4.01. The van der Waals surface area contributed by atoms with E-state index in [4.69, 9.17) is 4.74 Å². The molecule has 0 bridgehead atoms. The van der Waals surface area contributed by atoms with Crippen molar-refractivity contribution in [2.45, 2.75) is 56.2 Å². The normalized spacial score (nSPS) is 21.2. The van der Waals surface area contributed by atoms with Gasteiger partial charge in [0, 0.05) is 75.6 Å². The molecule has 4 unspecified atom stereocenters. The highest BCUT2D eigenvalue weighted by Crippen LogP contribution is 2.35. The molecule has 0 radical (unpaired) electrons. The van der Waals surface area contributed by atoms with Gasteiger partial charge in [-0.2, -0.15) is 0 Å². The van der Waals surface area contributed by atoms with Crippen LogP contribution in [0.1, 0.15) is 68.7 Å². The fourth-order valence-corrected chi connectivity index (χ4v) is 10.2. The predicted molar refractivity (Wildman–Crippen MR) is 256 cm³/mol. The maximum atomic E-state index is 14.0. The minimum atomic E-state index is -1.11. The molecule has 358 valence electrons. The highest BCUT2D eigenvalue weighted by Gasteiger charge is 2.46. The number of rotatable bonds is 17. The summed E-state index contributed by atoms with van der Waals surface area (Å²) >= 11 is 1.48. The second-order valence-corrected chi connectivity index (χ2v) is 18.6. The van der Waals surface area contributed by atoms with Crippen molar-refractivity contribution >= 4 is 64.7 Å². The lowest BCUT2D eigenvalue weighted by Crippen LogP contribution is -2.54. The number of fused-ring (bicyclic) bond motifs is 2. The molecular formula is C50H53N9O9S. The number of unbranched alkanes of at least 4 members (excludes halogenated alkanes) is 1. The van der Waals surface area contributed by atoms with E-state index >= 15 is 0 Å². The van der Waals surface area contributed by atoms with Crippen LogP contribution < -0.4 is 36.2 Å². The number of anilines is 1. The van der Waals surface area contributed by atoms with Crippen LogP contribution in [0.4, 0.5) is 5.69 Å². The summed E-state index contributed by atoms with van der Waals surface area (Å²) in [5.74, 6) is -3.48. The summed E-state index contributed by atoms with van der Waals surface area (Å²) in [5, 5.41) is 16.0. The first-order chi connectivity index (χ1) is 33.5. The first kappa shape index (κ1) is 46.8. The van der Waals surface area contributed by atoms with Crippen molar-refractivity contribution < 1.29 is 43.1 Å². The summed E-state index contributed by atoms with van der Waals surface area (Å²) in [4.78, 5) is 110. The van der Waals surface area contributed by atoms with E-state index in [1.165, 1.54) is 30.0 Å². The molecule has 3 aromatic rings. The number of allylic oxidation sites excluding steroid dienone is 3. The Kier molecular flexibility index (Phi) is 14.2. The molecule has 3 aromatic carbocycles. The van der Waals surface area contributed by atoms with Crippen molar-refractivity contribution in [3.05, 3.63) is 119 Å². The number of hydrogen-bond acceptors (Lipinski definition) is 13. The van der Waals surface area contributed by atoms with Crippen molar-refractivity contribution in [3.8, 4) is 16.9 Å². The van der Waals surface area contributed by atoms with E-state index in [1.807, 2.05) is 47.9 Å². The Bertz CT molecular complexity index is 2640. The number of benzene rings is 3. The van der Waals surface area contributed by atoms with Crippen molar-refractivity contribution in [2.75, 3.05) is 57.3 Å². The van der Waals surface area contributed by atoms with Crippen molar-refractivity contribution in [1.29, 1.82) is 0 Å². The van der Waals surface area contributed by atoms with Crippen LogP contribution >= 0.6 is 11.8 Å². The SMILES string of the molecule is O=C(COc1cccc2c1C(=O)N(C1CCC(=O)NC1=O)C2=O)NCCCCNC(=O)CN1CCN(c2ccc(-c3ccc4c(c3)C(=O)N(C(C(=O)NC3NC=CS3)C3C=CC=CC3)C4)cc2)CC1. The number of hydrogen-bond donors (Lipinski definition) is 5. The van der Waals surface area contributed by atoms with Crippen molar-refractivity contribution in [3.63, 3.8) is 0 Å². The highest BCUT2D eigenvalue weighted by molar-refractivity contribution is 8.02. The summed E-state index contributed by atoms with van der Waals surface area (Å²) in [6, 6.07) is 17.0. The van der Waals surface area contributed by atoms with Gasteiger partial charge >= 0.3 is 0 Å². The second-order valence-electron chi connectivity index (χ2n) is 17.6. The third-order valence-corrected chi connectivity index (χ3v) is 13.9. The van der Waals surface area contributed by atoms with Crippen LogP contribution in [-0.4, -0.2) is 132 Å². The van der Waals surface area contributed by atoms with Gasteiger partial charge < -0.3 is 35.8 Å². The third-order valence-electron chi connectivity index (χ3n) is 13.1. The van der Waals surface area contributed by atoms with E-state index in [0.717, 1.165) is 53.5 Å². The Morgan fingerprint density at radius 3 is 2.32 bits per heavy atom. The monoisotopic (exact) mass is 955 g/mol. The van der Waals surface area contributed by atoms with Gasteiger partial charge in [-0.25, -0.2) is 0 Å². The van der Waals surface area contributed by atoms with Gasteiger partial charge in [0.05, 0.1) is 17.7 Å². The van der Waals surface area contributed by atoms with Gasteiger partial charge in [0.1, 0.15) is 17.8 Å². The van der Waals surface area contributed by atoms with Gasteiger partial charge in [0.2, 0.25) is 23.6 Å². The zero-order chi connectivity index (χ0) is 48.0. The smallest absolute Gasteiger partial charge is 0.266 e. The molecule has 0 aromatic heterocycles. The van der Waals surface area contributed by atoms with E-state index in [-0.39, 0.29) is 65.4 Å². The number of imide groups is 2. The van der Waals surface area contributed by atoms with Gasteiger partial charge in [-0.1, -0.05) is 66.4 Å². The number of nitrogens with zero attached hydrogens (tertiary/aromatic N) is 4. The van der Waals surface area contributed by atoms with Gasteiger partial charge in [0.25, 0.3) is 23.6 Å². The van der Waals surface area contributed by atoms with E-state index in [2.05, 4.69) is 60.6 Å². The molecule has 5 N–H and O–H groups in total. The largest absolute Gasteiger partial charge is 0.483 e. The summed E-state index contributed by atoms with van der Waals surface area (Å²) in [7, 11) is 0. The first-order valence-electron chi connectivity index (χ1n) is 23.2. The van der Waals surface area contributed by atoms with Gasteiger partial charge in [-0.3, -0.25) is 53.5 Å². The van der Waals surface area contributed by atoms with E-state index in [9.17, 15) is 38.4 Å². The Labute approximate surface area is 402 Å². The molecule has 2 saturated heterocycles. The summed E-state index contributed by atoms with van der Waals surface area (Å²) < 4.78 is 5.64. The average Bonchev–Trinajstić information content (AvgIpc) is 4.06. The number of ether oxygens (including phenoxy) is 1. The fourth-order valence-electron chi connectivity index (χ4n) is 9.49. The number of amides is 8. The van der Waals surface area contributed by atoms with Crippen LogP contribution in [0.3, 0.4) is 0 Å². The standard InChI is InChI=1S/C50H53N9O9S/c60-40-18-17-38(45(63)54-40)59-48(66)36-9-6-10-39(43(36)49(59)67)68-30-42(62)52-20-5-4-19-51-41(61)29-56-22-24-57(25-23-56)35-15-13-31(14-16-35)33-11-12-34-28-58(47(65)37(34)27-33)44(32-7-2-1-3-8-32)46(64)55-50-53-21-26-69-50/h1-3,6-7,9-16,21,26-27,32,38,44,50,53H,4-5,8,17-20,22-25,28-30H2,(H,51,61)(H,52,62)(H,55,64)(H,54,60,63). The molecule has 2 fully saturated rings. The van der Waals surface area contributed by atoms with Crippen molar-refractivity contribution in [1.82, 2.24) is 41.3 Å². The molecule has 69 heavy (non-hydrogen) atoms. The molecule has 9 rings (SSSR count). The topological polar surface area (TPSA) is 219 Å². The van der Waals surface area contributed by atoms with Gasteiger partial charge in [-0.15, -0.1) is 0 Å². The third kappa shape index (κ3) is 10.4. The van der Waals surface area contributed by atoms with Crippen LogP contribution in [0.5, 0.6) is 5.75 Å². The fraction of sp³-hybridized carbons (Fsp3) is 0.360. The Balaban J connectivity index is 0.673. The molecule has 5 aliphatic heterocycles. The van der Waals surface area contributed by atoms with Crippen LogP contribution in [0.2, 0.25) is 0 Å². The lowest BCUT2D eigenvalue weighted by atomic mass is 9.91. The first-order valence-corrected chi connectivity index (χ1v) is 24.2. The van der Waals surface area contributed by atoms with Crippen LogP contribution in [0.25, 0.3) is 11.1 Å². The van der Waals surface area contributed by atoms with Gasteiger partial charge in [0.15, 0.2) is 12.1 Å². The van der Waals surface area contributed by atoms with Crippen molar-refractivity contribution in [2.24, 2.45) is 5.92 Å². The molecule has 1 aliphatic carbocycles. The van der Waals surface area contributed by atoms with Crippen LogP contribution in [0.15, 0.2) is 96.6 Å². The second kappa shape index (κ2) is 20.9. The number of piperidine rings is 1. The molecule has 0 saturated carbocycles. The molecule has 19 heteroatoms. The lowest BCUT2D eigenvalue weighted by Gasteiger charge is -2.35. The highest BCUT2D eigenvalue weighted by atomic mass is 32.2. The molecular weight excluding hydrogens is 903 g/mol. The molecule has 18 nitrogen and oxygen atoms in total. The lowest BCUT2D eigenvalue weighted by molar-refractivity contribution is -0.136. The maximum Gasteiger partial charge on any atom is 0.266 e. The average molecular weight is 956 g/mol. The quantitative estimate of drug-likeness (QED) is 0.0973. The van der Waals surface area contributed by atoms with Crippen LogP contribution in [0, 0.1) is 5.92 Å². The number of carbonyl (C=O) groups is 8. The maximum absolute atomic E-state index is 14.0. The molecule has 4 atom stereocenters. The van der Waals surface area contributed by atoms with E-state index in [0.29, 0.717) is 44.5 Å². The molecule has 0 spiro atoms. The summed E-state index contributed by atoms with van der Waals surface area (Å²) in [6.07, 6.45) is 11.7. The van der Waals surface area contributed by atoms with Gasteiger partial charge in [-0.05, 0) is 78.1 Å². The zero-order valence-corrected chi connectivity index (χ0v) is 38.6. The van der Waals surface area contributed by atoms with E-state index < -0.39 is 48.2 Å². The predicted octanol–water partition coefficient (Wildman–Crippen LogP) is 2.63. The van der Waals surface area contributed by atoms with E-state index in [1.54, 1.807) is 11.1 Å². The Morgan fingerprint density at radius 2 is 1.59 bits per heavy atom. The Morgan fingerprint density at radius 1 is 0.826 bits per heavy atom. The number of thioether (sulfide) groups is 1. The van der Waals surface area contributed by atoms with Crippen LogP contribution in [-0.2, 0) is 30.5 Å². The molecule has 5 heterocycles. The number of nitrogens with one attached hydrogen (secondary N) is 5.